The number of nitrogens with one attached hydrogen (secondary N) is 1. The lowest BCUT2D eigenvalue weighted by molar-refractivity contribution is -0.123. The average molecular weight is 375 g/mol. The Morgan fingerprint density at radius 3 is 2.65 bits per heavy atom. The molecule has 1 aliphatic rings. The molecule has 2 aromatic rings. The predicted octanol–water partition coefficient (Wildman–Crippen LogP) is 3.48. The molecule has 6 heteroatoms. The number of piperidine rings is 1. The largest absolute Gasteiger partial charge is 0.493 e. The summed E-state index contributed by atoms with van der Waals surface area (Å²) in [6.45, 7) is 2.77. The highest BCUT2D eigenvalue weighted by molar-refractivity contribution is 7.07. The van der Waals surface area contributed by atoms with Crippen LogP contribution in [0.3, 0.4) is 0 Å². The zero-order chi connectivity index (χ0) is 18.2. The van der Waals surface area contributed by atoms with Crippen molar-refractivity contribution >= 4 is 17.2 Å². The molecule has 2 heterocycles. The van der Waals surface area contributed by atoms with Crippen molar-refractivity contribution in [3.63, 3.8) is 0 Å². The van der Waals surface area contributed by atoms with Crippen LogP contribution in [0.5, 0.6) is 11.5 Å². The average Bonchev–Trinajstić information content (AvgIpc) is 3.22. The molecular formula is C20H26N2O3S. The fourth-order valence-corrected chi connectivity index (χ4v) is 4.00. The summed E-state index contributed by atoms with van der Waals surface area (Å²) in [7, 11) is 1.59. The Morgan fingerprint density at radius 1 is 1.19 bits per heavy atom. The first-order valence-corrected chi connectivity index (χ1v) is 10.0. The summed E-state index contributed by atoms with van der Waals surface area (Å²) in [6.07, 6.45) is 3.75. The number of benzene rings is 1. The molecule has 1 fully saturated rings. The molecule has 1 amide bonds. The lowest BCUT2D eigenvalue weighted by Gasteiger charge is -2.34. The third-order valence-electron chi connectivity index (χ3n) is 4.68. The van der Waals surface area contributed by atoms with Crippen molar-refractivity contribution in [2.45, 2.75) is 25.3 Å². The molecule has 5 nitrogen and oxygen atoms in total. The number of thiophene rings is 1. The van der Waals surface area contributed by atoms with Gasteiger partial charge in [0.2, 0.25) is 0 Å². The van der Waals surface area contributed by atoms with Crippen molar-refractivity contribution in [3.05, 3.63) is 46.7 Å². The SMILES string of the molecule is COc1ccccc1OCC(=O)NCC(c1ccsc1)N1CCCCC1. The second-order valence-electron chi connectivity index (χ2n) is 6.41. The number of hydrogen-bond acceptors (Lipinski definition) is 5. The van der Waals surface area contributed by atoms with Gasteiger partial charge in [-0.25, -0.2) is 0 Å². The highest BCUT2D eigenvalue weighted by Gasteiger charge is 2.23. The first-order chi connectivity index (χ1) is 12.8. The van der Waals surface area contributed by atoms with Crippen molar-refractivity contribution < 1.29 is 14.3 Å². The number of nitrogens with zero attached hydrogens (tertiary/aromatic N) is 1. The van der Waals surface area contributed by atoms with Crippen LogP contribution >= 0.6 is 11.3 Å². The van der Waals surface area contributed by atoms with Gasteiger partial charge in [-0.1, -0.05) is 18.6 Å². The summed E-state index contributed by atoms with van der Waals surface area (Å²) >= 11 is 1.70. The quantitative estimate of drug-likeness (QED) is 0.769. The van der Waals surface area contributed by atoms with Gasteiger partial charge in [0.15, 0.2) is 18.1 Å². The van der Waals surface area contributed by atoms with Crippen LogP contribution in [0, 0.1) is 0 Å². The van der Waals surface area contributed by atoms with E-state index in [1.165, 1.54) is 24.8 Å². The van der Waals surface area contributed by atoms with Gasteiger partial charge in [0.1, 0.15) is 0 Å². The summed E-state index contributed by atoms with van der Waals surface area (Å²) in [5.41, 5.74) is 1.28. The van der Waals surface area contributed by atoms with Crippen molar-refractivity contribution in [1.29, 1.82) is 0 Å². The van der Waals surface area contributed by atoms with E-state index in [0.29, 0.717) is 18.0 Å². The molecule has 3 rings (SSSR count). The van der Waals surface area contributed by atoms with E-state index in [2.05, 4.69) is 27.0 Å². The molecule has 0 aliphatic carbocycles. The summed E-state index contributed by atoms with van der Waals surface area (Å²) in [4.78, 5) is 14.8. The highest BCUT2D eigenvalue weighted by Crippen LogP contribution is 2.27. The second kappa shape index (κ2) is 9.59. The number of carbonyl (C=O) groups excluding carboxylic acids is 1. The second-order valence-corrected chi connectivity index (χ2v) is 7.19. The Hall–Kier alpha value is -2.05. The number of para-hydroxylation sites is 2. The van der Waals surface area contributed by atoms with Crippen LogP contribution in [0.15, 0.2) is 41.1 Å². The van der Waals surface area contributed by atoms with Crippen molar-refractivity contribution in [3.8, 4) is 11.5 Å². The third kappa shape index (κ3) is 4.99. The fourth-order valence-electron chi connectivity index (χ4n) is 3.30. The van der Waals surface area contributed by atoms with Gasteiger partial charge in [0, 0.05) is 6.54 Å². The minimum absolute atomic E-state index is 0.0171. The molecule has 1 aliphatic heterocycles. The number of ether oxygens (including phenoxy) is 2. The fraction of sp³-hybridized carbons (Fsp3) is 0.450. The summed E-state index contributed by atoms with van der Waals surface area (Å²) in [6, 6.07) is 9.73. The zero-order valence-electron chi connectivity index (χ0n) is 15.1. The molecule has 1 saturated heterocycles. The normalized spacial score (nSPS) is 16.0. The predicted molar refractivity (Wildman–Crippen MR) is 104 cm³/mol. The smallest absolute Gasteiger partial charge is 0.258 e. The first kappa shape index (κ1) is 18.7. The monoisotopic (exact) mass is 374 g/mol. The van der Waals surface area contributed by atoms with Gasteiger partial charge in [0.05, 0.1) is 13.2 Å². The minimum Gasteiger partial charge on any atom is -0.493 e. The van der Waals surface area contributed by atoms with Crippen molar-refractivity contribution in [2.24, 2.45) is 0 Å². The third-order valence-corrected chi connectivity index (χ3v) is 5.38. The van der Waals surface area contributed by atoms with Gasteiger partial charge in [-0.2, -0.15) is 11.3 Å². The molecular weight excluding hydrogens is 348 g/mol. The Balaban J connectivity index is 1.54. The van der Waals surface area contributed by atoms with Gasteiger partial charge in [-0.05, 0) is 60.5 Å². The molecule has 0 spiro atoms. The van der Waals surface area contributed by atoms with Crippen LogP contribution in [0.1, 0.15) is 30.9 Å². The van der Waals surface area contributed by atoms with Crippen molar-refractivity contribution in [1.82, 2.24) is 10.2 Å². The molecule has 0 saturated carbocycles. The molecule has 0 radical (unpaired) electrons. The van der Waals surface area contributed by atoms with E-state index >= 15 is 0 Å². The van der Waals surface area contributed by atoms with Crippen LogP contribution in [-0.2, 0) is 4.79 Å². The van der Waals surface area contributed by atoms with Crippen LogP contribution in [0.2, 0.25) is 0 Å². The summed E-state index contributed by atoms with van der Waals surface area (Å²) in [5.74, 6) is 1.09. The van der Waals surface area contributed by atoms with Gasteiger partial charge >= 0.3 is 0 Å². The number of hydrogen-bond donors (Lipinski definition) is 1. The highest BCUT2D eigenvalue weighted by atomic mass is 32.1. The molecule has 26 heavy (non-hydrogen) atoms. The summed E-state index contributed by atoms with van der Waals surface area (Å²) in [5, 5.41) is 7.31. The van der Waals surface area contributed by atoms with E-state index in [0.717, 1.165) is 13.1 Å². The molecule has 140 valence electrons. The van der Waals surface area contributed by atoms with E-state index in [4.69, 9.17) is 9.47 Å². The van der Waals surface area contributed by atoms with Crippen molar-refractivity contribution in [2.75, 3.05) is 33.4 Å². The van der Waals surface area contributed by atoms with E-state index in [1.807, 2.05) is 18.2 Å². The number of rotatable bonds is 8. The standard InChI is InChI=1S/C20H26N2O3S/c1-24-18-7-3-4-8-19(18)25-14-20(23)21-13-17(16-9-12-26-15-16)22-10-5-2-6-11-22/h3-4,7-9,12,15,17H,2,5-6,10-11,13-14H2,1H3,(H,21,23). The maximum atomic E-state index is 12.3. The maximum Gasteiger partial charge on any atom is 0.258 e. The van der Waals surface area contributed by atoms with Crippen LogP contribution < -0.4 is 14.8 Å². The van der Waals surface area contributed by atoms with Gasteiger partial charge in [-0.15, -0.1) is 0 Å². The van der Waals surface area contributed by atoms with Gasteiger partial charge in [0.25, 0.3) is 5.91 Å². The topological polar surface area (TPSA) is 50.8 Å². The first-order valence-electron chi connectivity index (χ1n) is 9.06. The summed E-state index contributed by atoms with van der Waals surface area (Å²) < 4.78 is 10.9. The number of likely N-dealkylation sites (tertiary alicyclic amines) is 1. The Bertz CT molecular complexity index is 684. The van der Waals surface area contributed by atoms with Gasteiger partial charge in [-0.3, -0.25) is 9.69 Å². The molecule has 1 unspecified atom stereocenters. The van der Waals surface area contributed by atoms with E-state index in [1.54, 1.807) is 24.5 Å². The van der Waals surface area contributed by atoms with Crippen LogP contribution in [-0.4, -0.2) is 44.2 Å². The molecule has 1 aromatic heterocycles. The molecule has 1 aromatic carbocycles. The van der Waals surface area contributed by atoms with E-state index in [9.17, 15) is 4.79 Å². The Labute approximate surface area is 158 Å². The Morgan fingerprint density at radius 2 is 1.96 bits per heavy atom. The minimum atomic E-state index is -0.117. The van der Waals surface area contributed by atoms with E-state index in [-0.39, 0.29) is 18.6 Å². The molecule has 1 atom stereocenters. The molecule has 1 N–H and O–H groups in total. The lowest BCUT2D eigenvalue weighted by Crippen LogP contribution is -2.41. The van der Waals surface area contributed by atoms with Crippen LogP contribution in [0.25, 0.3) is 0 Å². The van der Waals surface area contributed by atoms with E-state index < -0.39 is 0 Å². The zero-order valence-corrected chi connectivity index (χ0v) is 16.0. The maximum absolute atomic E-state index is 12.3. The van der Waals surface area contributed by atoms with Crippen LogP contribution in [0.4, 0.5) is 0 Å². The number of amides is 1. The molecule has 0 bridgehead atoms. The Kier molecular flexibility index (Phi) is 6.91. The number of carbonyl (C=O) groups is 1. The van der Waals surface area contributed by atoms with Gasteiger partial charge < -0.3 is 14.8 Å². The lowest BCUT2D eigenvalue weighted by atomic mass is 10.0. The number of methoxy groups -OCH3 is 1.